The zero-order valence-corrected chi connectivity index (χ0v) is 10.5. The number of halogens is 3. The molecule has 0 aliphatic carbocycles. The second kappa shape index (κ2) is 5.18. The Labute approximate surface area is 108 Å². The lowest BCUT2D eigenvalue weighted by Gasteiger charge is -2.35. The highest BCUT2D eigenvalue weighted by Crippen LogP contribution is 2.33. The third-order valence-electron chi connectivity index (χ3n) is 3.39. The third-order valence-corrected chi connectivity index (χ3v) is 3.39. The van der Waals surface area contributed by atoms with Gasteiger partial charge in [0.1, 0.15) is 18.7 Å². The Morgan fingerprint density at radius 3 is 2.79 bits per heavy atom. The van der Waals surface area contributed by atoms with Gasteiger partial charge in [-0.2, -0.15) is 18.3 Å². The normalized spacial score (nSPS) is 22.3. The first-order valence-electron chi connectivity index (χ1n) is 6.09. The molecule has 0 saturated carbocycles. The van der Waals surface area contributed by atoms with Crippen LogP contribution in [0, 0.1) is 5.92 Å². The van der Waals surface area contributed by atoms with Gasteiger partial charge in [-0.05, 0) is 19.8 Å². The molecule has 1 aliphatic heterocycles. The van der Waals surface area contributed by atoms with Crippen molar-refractivity contribution in [1.82, 2.24) is 19.7 Å². The summed E-state index contributed by atoms with van der Waals surface area (Å²) >= 11 is 0. The number of rotatable bonds is 2. The lowest BCUT2D eigenvalue weighted by molar-refractivity contribution is -0.188. The minimum Gasteiger partial charge on any atom is -0.340 e. The fraction of sp³-hybridized carbons (Fsp3) is 0.727. The van der Waals surface area contributed by atoms with Gasteiger partial charge in [-0.25, -0.2) is 9.67 Å². The van der Waals surface area contributed by atoms with Crippen LogP contribution in [0.2, 0.25) is 0 Å². The van der Waals surface area contributed by atoms with Crippen LogP contribution in [0.5, 0.6) is 0 Å². The average Bonchev–Trinajstić information content (AvgIpc) is 2.90. The third kappa shape index (κ3) is 3.05. The predicted molar refractivity (Wildman–Crippen MR) is 60.1 cm³/mol. The molecule has 1 amide bonds. The molecule has 19 heavy (non-hydrogen) atoms. The minimum atomic E-state index is -4.24. The lowest BCUT2D eigenvalue weighted by Crippen LogP contribution is -2.46. The Morgan fingerprint density at radius 1 is 1.47 bits per heavy atom. The van der Waals surface area contributed by atoms with Gasteiger partial charge in [0.15, 0.2) is 0 Å². The quantitative estimate of drug-likeness (QED) is 0.825. The Bertz CT molecular complexity index is 432. The Hall–Kier alpha value is -1.60. The summed E-state index contributed by atoms with van der Waals surface area (Å²) in [4.78, 5) is 17.1. The standard InChI is InChI=1S/C11H15F3N4O/c1-8(18-7-15-6-16-18)10(19)17-4-2-3-9(5-17)11(12,13)14/h6-9H,2-5H2,1H3/t8-,9-/m0/s1. The second-order valence-corrected chi connectivity index (χ2v) is 4.72. The summed E-state index contributed by atoms with van der Waals surface area (Å²) in [7, 11) is 0. The van der Waals surface area contributed by atoms with Crippen LogP contribution in [-0.2, 0) is 4.79 Å². The Kier molecular flexibility index (Phi) is 3.77. The van der Waals surface area contributed by atoms with Crippen LogP contribution >= 0.6 is 0 Å². The monoisotopic (exact) mass is 276 g/mol. The number of nitrogens with zero attached hydrogens (tertiary/aromatic N) is 4. The molecule has 0 spiro atoms. The number of piperidine rings is 1. The maximum atomic E-state index is 12.7. The van der Waals surface area contributed by atoms with Gasteiger partial charge in [0.2, 0.25) is 5.91 Å². The molecule has 0 N–H and O–H groups in total. The first kappa shape index (κ1) is 13.8. The number of likely N-dealkylation sites (tertiary alicyclic amines) is 1. The molecule has 0 unspecified atom stereocenters. The van der Waals surface area contributed by atoms with E-state index in [-0.39, 0.29) is 18.9 Å². The molecular weight excluding hydrogens is 261 g/mol. The van der Waals surface area contributed by atoms with Gasteiger partial charge < -0.3 is 4.90 Å². The number of hydrogen-bond donors (Lipinski definition) is 0. The molecule has 2 heterocycles. The summed E-state index contributed by atoms with van der Waals surface area (Å²) in [6.45, 7) is 1.71. The molecule has 0 radical (unpaired) electrons. The van der Waals surface area contributed by atoms with Crippen molar-refractivity contribution < 1.29 is 18.0 Å². The topological polar surface area (TPSA) is 51.0 Å². The highest BCUT2D eigenvalue weighted by atomic mass is 19.4. The Morgan fingerprint density at radius 2 is 2.21 bits per heavy atom. The lowest BCUT2D eigenvalue weighted by atomic mass is 9.97. The smallest absolute Gasteiger partial charge is 0.340 e. The van der Waals surface area contributed by atoms with Gasteiger partial charge in [-0.3, -0.25) is 4.79 Å². The number of aromatic nitrogens is 3. The fourth-order valence-corrected chi connectivity index (χ4v) is 2.24. The molecule has 2 rings (SSSR count). The van der Waals surface area contributed by atoms with Gasteiger partial charge in [0, 0.05) is 13.1 Å². The van der Waals surface area contributed by atoms with Crippen LogP contribution in [-0.4, -0.2) is 44.8 Å². The van der Waals surface area contributed by atoms with Crippen molar-refractivity contribution in [3.05, 3.63) is 12.7 Å². The summed E-state index contributed by atoms with van der Waals surface area (Å²) in [6, 6.07) is -0.630. The van der Waals surface area contributed by atoms with E-state index in [1.54, 1.807) is 6.92 Å². The largest absolute Gasteiger partial charge is 0.393 e. The molecule has 1 saturated heterocycles. The molecule has 2 atom stereocenters. The molecule has 1 aromatic heterocycles. The van der Waals surface area contributed by atoms with Crippen molar-refractivity contribution in [2.45, 2.75) is 32.0 Å². The summed E-state index contributed by atoms with van der Waals surface area (Å²) < 4.78 is 39.4. The van der Waals surface area contributed by atoms with Gasteiger partial charge in [0.25, 0.3) is 0 Å². The first-order valence-corrected chi connectivity index (χ1v) is 6.09. The van der Waals surface area contributed by atoms with E-state index in [0.717, 1.165) is 0 Å². The van der Waals surface area contributed by atoms with Crippen LogP contribution < -0.4 is 0 Å². The van der Waals surface area contributed by atoms with Crippen molar-refractivity contribution in [2.75, 3.05) is 13.1 Å². The van der Waals surface area contributed by atoms with Crippen molar-refractivity contribution in [1.29, 1.82) is 0 Å². The number of carbonyl (C=O) groups excluding carboxylic acids is 1. The highest BCUT2D eigenvalue weighted by molar-refractivity contribution is 5.80. The van der Waals surface area contributed by atoms with E-state index in [4.69, 9.17) is 0 Å². The number of carbonyl (C=O) groups is 1. The van der Waals surface area contributed by atoms with Crippen LogP contribution in [0.25, 0.3) is 0 Å². The zero-order valence-electron chi connectivity index (χ0n) is 10.5. The van der Waals surface area contributed by atoms with Crippen molar-refractivity contribution in [3.63, 3.8) is 0 Å². The van der Waals surface area contributed by atoms with Crippen molar-refractivity contribution >= 4 is 5.91 Å². The van der Waals surface area contributed by atoms with E-state index >= 15 is 0 Å². The van der Waals surface area contributed by atoms with Crippen molar-refractivity contribution in [3.8, 4) is 0 Å². The molecular formula is C11H15F3N4O. The molecule has 1 aromatic rings. The number of amides is 1. The maximum Gasteiger partial charge on any atom is 0.393 e. The van der Waals surface area contributed by atoms with E-state index in [2.05, 4.69) is 10.1 Å². The van der Waals surface area contributed by atoms with Gasteiger partial charge in [0.05, 0.1) is 5.92 Å². The predicted octanol–water partition coefficient (Wildman–Crippen LogP) is 1.64. The van der Waals surface area contributed by atoms with E-state index in [9.17, 15) is 18.0 Å². The summed E-state index contributed by atoms with van der Waals surface area (Å²) in [6.07, 6.45) is -1.10. The molecule has 1 fully saturated rings. The van der Waals surface area contributed by atoms with E-state index < -0.39 is 18.1 Å². The zero-order chi connectivity index (χ0) is 14.0. The SMILES string of the molecule is C[C@@H](C(=O)N1CCC[C@H](C(F)(F)F)C1)n1cncn1. The van der Waals surface area contributed by atoms with Gasteiger partial charge in [-0.1, -0.05) is 0 Å². The summed E-state index contributed by atoms with van der Waals surface area (Å²) in [5, 5.41) is 3.84. The molecule has 1 aliphatic rings. The van der Waals surface area contributed by atoms with Gasteiger partial charge in [-0.15, -0.1) is 0 Å². The van der Waals surface area contributed by atoms with E-state index in [0.29, 0.717) is 13.0 Å². The second-order valence-electron chi connectivity index (χ2n) is 4.72. The van der Waals surface area contributed by atoms with Crippen LogP contribution in [0.1, 0.15) is 25.8 Å². The number of alkyl halides is 3. The first-order chi connectivity index (χ1) is 8.89. The molecule has 0 bridgehead atoms. The van der Waals surface area contributed by atoms with Crippen molar-refractivity contribution in [2.24, 2.45) is 5.92 Å². The highest BCUT2D eigenvalue weighted by Gasteiger charge is 2.43. The van der Waals surface area contributed by atoms with E-state index in [1.807, 2.05) is 0 Å². The van der Waals surface area contributed by atoms with Gasteiger partial charge >= 0.3 is 6.18 Å². The molecule has 8 heteroatoms. The number of hydrogen-bond acceptors (Lipinski definition) is 3. The average molecular weight is 276 g/mol. The fourth-order valence-electron chi connectivity index (χ4n) is 2.24. The van der Waals surface area contributed by atoms with Crippen LogP contribution in [0.3, 0.4) is 0 Å². The summed E-state index contributed by atoms with van der Waals surface area (Å²) in [5.74, 6) is -1.77. The van der Waals surface area contributed by atoms with E-state index in [1.165, 1.54) is 22.2 Å². The summed E-state index contributed by atoms with van der Waals surface area (Å²) in [5.41, 5.74) is 0. The maximum absolute atomic E-state index is 12.7. The molecule has 5 nitrogen and oxygen atoms in total. The molecule has 106 valence electrons. The van der Waals surface area contributed by atoms with Crippen LogP contribution in [0.4, 0.5) is 13.2 Å². The molecule has 0 aromatic carbocycles. The minimum absolute atomic E-state index is 0.0883. The van der Waals surface area contributed by atoms with Crippen LogP contribution in [0.15, 0.2) is 12.7 Å². The Balaban J connectivity index is 2.03.